The summed E-state index contributed by atoms with van der Waals surface area (Å²) in [7, 11) is 0. The van der Waals surface area contributed by atoms with Gasteiger partial charge in [0.2, 0.25) is 0 Å². The van der Waals surface area contributed by atoms with Crippen LogP contribution < -0.4 is 10.2 Å². The maximum absolute atomic E-state index is 2.62. The summed E-state index contributed by atoms with van der Waals surface area (Å²) in [5.41, 5.74) is 9.49. The molecule has 0 aliphatic carbocycles. The second kappa shape index (κ2) is 19.1. The molecule has 2 nitrogen and oxygen atoms in total. The number of benzene rings is 6. The zero-order chi connectivity index (χ0) is 41.2. The summed E-state index contributed by atoms with van der Waals surface area (Å²) in [5.74, 6) is 1.31. The molecule has 0 saturated carbocycles. The first-order valence-electron chi connectivity index (χ1n) is 22.1. The number of allylic oxidation sites excluding steroid dienone is 8. The Kier molecular flexibility index (Phi) is 13.5. The normalized spacial score (nSPS) is 17.5. The Morgan fingerprint density at radius 1 is 0.627 bits per heavy atom. The Balaban J connectivity index is 1.18. The van der Waals surface area contributed by atoms with Crippen molar-refractivity contribution in [3.05, 3.63) is 204 Å². The van der Waals surface area contributed by atoms with E-state index < -0.39 is 0 Å². The fourth-order valence-corrected chi connectivity index (χ4v) is 9.46. The van der Waals surface area contributed by atoms with Gasteiger partial charge in [0, 0.05) is 34.3 Å². The van der Waals surface area contributed by atoms with E-state index in [1.165, 1.54) is 67.3 Å². The Hall–Kier alpha value is -5.44. The maximum Gasteiger partial charge on any atom is 0.134 e. The van der Waals surface area contributed by atoms with Gasteiger partial charge in [0.05, 0.1) is 6.54 Å². The van der Waals surface area contributed by atoms with E-state index in [1.807, 2.05) is 0 Å². The average molecular weight is 778 g/mol. The van der Waals surface area contributed by atoms with E-state index in [0.717, 1.165) is 38.8 Å². The second-order valence-electron chi connectivity index (χ2n) is 18.1. The van der Waals surface area contributed by atoms with Crippen LogP contribution in [0.15, 0.2) is 182 Å². The summed E-state index contributed by atoms with van der Waals surface area (Å²) >= 11 is 0. The molecule has 2 atom stereocenters. The summed E-state index contributed by atoms with van der Waals surface area (Å²) in [6, 6.07) is 49.3. The predicted octanol–water partition coefficient (Wildman–Crippen LogP) is 13.7. The smallest absolute Gasteiger partial charge is 0.134 e. The van der Waals surface area contributed by atoms with Gasteiger partial charge in [-0.2, -0.15) is 0 Å². The second-order valence-corrected chi connectivity index (χ2v) is 18.1. The van der Waals surface area contributed by atoms with Gasteiger partial charge < -0.3 is 10.2 Å². The van der Waals surface area contributed by atoms with Crippen LogP contribution in [0.25, 0.3) is 21.5 Å². The highest BCUT2D eigenvalue weighted by atomic mass is 15.2. The first-order chi connectivity index (χ1) is 28.7. The van der Waals surface area contributed by atoms with Crippen molar-refractivity contribution in [3.63, 3.8) is 0 Å². The van der Waals surface area contributed by atoms with E-state index in [2.05, 4.69) is 228 Å². The van der Waals surface area contributed by atoms with Crippen molar-refractivity contribution in [2.75, 3.05) is 18.0 Å². The number of anilines is 1. The van der Waals surface area contributed by atoms with Crippen LogP contribution >= 0.6 is 0 Å². The standard InChI is InChI=1S/C57H64N2/c1-43(2)36-39-58-51-34-32-47-27-18-20-29-49(47)54(51)56(5,41-45-23-13-11-14-24-45)38-22-10-8-7-9-17-31-53-57(6,42-46-25-15-12-16-26-46)55-50-30-21-19-28-48(50)33-35-52(55)59(53)40-37-44(3)4/h7-35,43-44,58H,36-42H2,1-6H3/p+1/b8-7+,17-9+,22-10+,53-31+. The van der Waals surface area contributed by atoms with Crippen LogP contribution in [0.4, 0.5) is 11.4 Å². The molecule has 59 heavy (non-hydrogen) atoms. The van der Waals surface area contributed by atoms with Gasteiger partial charge in [0.1, 0.15) is 5.69 Å². The van der Waals surface area contributed by atoms with Gasteiger partial charge in [-0.15, -0.1) is 0 Å². The number of hydrogen-bond acceptors (Lipinski definition) is 1. The van der Waals surface area contributed by atoms with E-state index in [9.17, 15) is 0 Å². The van der Waals surface area contributed by atoms with Gasteiger partial charge in [-0.3, -0.25) is 0 Å². The lowest BCUT2D eigenvalue weighted by Crippen LogP contribution is -2.78. The lowest BCUT2D eigenvalue weighted by atomic mass is 9.72. The molecule has 2 N–H and O–H groups in total. The summed E-state index contributed by atoms with van der Waals surface area (Å²) in [6.45, 7) is 16.3. The molecule has 0 amide bonds. The van der Waals surface area contributed by atoms with E-state index >= 15 is 0 Å². The monoisotopic (exact) mass is 778 g/mol. The molecule has 1 aliphatic rings. The fourth-order valence-electron chi connectivity index (χ4n) is 9.46. The van der Waals surface area contributed by atoms with E-state index in [0.29, 0.717) is 11.8 Å². The van der Waals surface area contributed by atoms with Crippen LogP contribution in [0.5, 0.6) is 0 Å². The number of rotatable bonds is 17. The van der Waals surface area contributed by atoms with Gasteiger partial charge in [-0.1, -0.05) is 186 Å². The molecule has 1 aliphatic heterocycles. The number of quaternary nitrogens is 1. The first-order valence-corrected chi connectivity index (χ1v) is 22.1. The quantitative estimate of drug-likeness (QED) is 0.0722. The van der Waals surface area contributed by atoms with Crippen molar-refractivity contribution in [2.24, 2.45) is 11.8 Å². The molecule has 2 unspecified atom stereocenters. The molecular weight excluding hydrogens is 713 g/mol. The number of hydrogen-bond donors (Lipinski definition) is 1. The predicted molar refractivity (Wildman–Crippen MR) is 256 cm³/mol. The minimum Gasteiger partial charge on any atom is -0.344 e. The van der Waals surface area contributed by atoms with Crippen molar-refractivity contribution >= 4 is 32.9 Å². The summed E-state index contributed by atoms with van der Waals surface area (Å²) in [6.07, 6.45) is 21.1. The van der Waals surface area contributed by atoms with Crippen molar-refractivity contribution in [2.45, 2.75) is 84.5 Å². The van der Waals surface area contributed by atoms with Gasteiger partial charge in [-0.25, -0.2) is 0 Å². The molecule has 2 heteroatoms. The highest BCUT2D eigenvalue weighted by molar-refractivity contribution is 5.95. The van der Waals surface area contributed by atoms with E-state index in [-0.39, 0.29) is 10.8 Å². The zero-order valence-corrected chi connectivity index (χ0v) is 36.4. The van der Waals surface area contributed by atoms with Crippen LogP contribution in [0.1, 0.15) is 83.1 Å². The Morgan fingerprint density at radius 2 is 1.22 bits per heavy atom. The summed E-state index contributed by atoms with van der Waals surface area (Å²) in [5, 5.41) is 7.84. The third-order valence-electron chi connectivity index (χ3n) is 12.4. The minimum absolute atomic E-state index is 0.0964. The molecule has 302 valence electrons. The largest absolute Gasteiger partial charge is 0.344 e. The molecule has 0 fully saturated rings. The fraction of sp³-hybridized carbons (Fsp3) is 0.298. The molecule has 0 saturated heterocycles. The van der Waals surface area contributed by atoms with Crippen LogP contribution in [-0.2, 0) is 23.7 Å². The van der Waals surface area contributed by atoms with Crippen LogP contribution in [0, 0.1) is 11.8 Å². The van der Waals surface area contributed by atoms with Gasteiger partial charge >= 0.3 is 0 Å². The summed E-state index contributed by atoms with van der Waals surface area (Å²) in [4.78, 5) is 2.62. The van der Waals surface area contributed by atoms with Gasteiger partial charge in [0.25, 0.3) is 0 Å². The van der Waals surface area contributed by atoms with Gasteiger partial charge in [0.15, 0.2) is 0 Å². The lowest BCUT2D eigenvalue weighted by Gasteiger charge is -2.32. The van der Waals surface area contributed by atoms with Crippen LogP contribution in [-0.4, -0.2) is 13.1 Å². The number of fused-ring (bicyclic) bond motifs is 4. The van der Waals surface area contributed by atoms with Crippen molar-refractivity contribution in [1.82, 2.24) is 0 Å². The van der Waals surface area contributed by atoms with Gasteiger partial charge in [-0.05, 0) is 113 Å². The summed E-state index contributed by atoms with van der Waals surface area (Å²) < 4.78 is 0. The Bertz CT molecular complexity index is 2430. The molecule has 0 bridgehead atoms. The van der Waals surface area contributed by atoms with Crippen molar-refractivity contribution in [1.29, 1.82) is 0 Å². The van der Waals surface area contributed by atoms with Crippen LogP contribution in [0.2, 0.25) is 0 Å². The minimum atomic E-state index is -0.182. The molecule has 0 aromatic heterocycles. The third kappa shape index (κ3) is 9.72. The van der Waals surface area contributed by atoms with E-state index in [1.54, 1.807) is 0 Å². The molecule has 0 spiro atoms. The van der Waals surface area contributed by atoms with Crippen LogP contribution in [0.3, 0.4) is 0 Å². The first kappa shape index (κ1) is 41.7. The topological polar surface area (TPSA) is 19.9 Å². The molecule has 7 rings (SSSR count). The molecule has 6 aromatic carbocycles. The SMILES string of the molecule is CC(C)CC[NH2+]c1ccc2ccccc2c1C(C)(C/C=C/C=C/C=C/C=C1/N(CCC(C)C)c2ccc3ccccc3c2C1(C)Cc1ccccc1)Cc1ccccc1. The zero-order valence-electron chi connectivity index (χ0n) is 36.4. The lowest BCUT2D eigenvalue weighted by molar-refractivity contribution is -0.573. The average Bonchev–Trinajstić information content (AvgIpc) is 3.47. The van der Waals surface area contributed by atoms with Crippen molar-refractivity contribution < 1.29 is 5.32 Å². The maximum atomic E-state index is 2.62. The number of nitrogens with two attached hydrogens (primary N) is 1. The highest BCUT2D eigenvalue weighted by Crippen LogP contribution is 2.52. The molecule has 0 radical (unpaired) electrons. The molecule has 6 aromatic rings. The Morgan fingerprint density at radius 3 is 1.93 bits per heavy atom. The third-order valence-corrected chi connectivity index (χ3v) is 12.4. The molecule has 1 heterocycles. The molecular formula is C57H65N2+. The van der Waals surface area contributed by atoms with E-state index in [4.69, 9.17) is 0 Å². The Labute approximate surface area is 355 Å². The number of nitrogens with zero attached hydrogens (tertiary/aromatic N) is 1. The highest BCUT2D eigenvalue weighted by Gasteiger charge is 2.44. The van der Waals surface area contributed by atoms with Crippen molar-refractivity contribution in [3.8, 4) is 0 Å².